The van der Waals surface area contributed by atoms with Crippen LogP contribution in [0.2, 0.25) is 0 Å². The van der Waals surface area contributed by atoms with Gasteiger partial charge < -0.3 is 5.32 Å². The Labute approximate surface area is 89.5 Å². The van der Waals surface area contributed by atoms with Crippen molar-refractivity contribution in [2.75, 3.05) is 0 Å². The number of rotatable bonds is 1. The molecule has 0 amide bonds. The molecule has 0 aromatic heterocycles. The second kappa shape index (κ2) is 3.96. The molecule has 1 unspecified atom stereocenters. The average Bonchev–Trinajstić information content (AvgIpc) is 2.18. The van der Waals surface area contributed by atoms with Crippen LogP contribution in [0.1, 0.15) is 30.0 Å². The second-order valence-corrected chi connectivity index (χ2v) is 4.03. The Morgan fingerprint density at radius 3 is 3.00 bits per heavy atom. The molecule has 3 heteroatoms. The lowest BCUT2D eigenvalue weighted by molar-refractivity contribution is 0.528. The van der Waals surface area contributed by atoms with Crippen molar-refractivity contribution in [3.63, 3.8) is 0 Å². The molecule has 0 bridgehead atoms. The molecule has 1 radical (unpaired) electrons. The molecule has 0 spiro atoms. The van der Waals surface area contributed by atoms with Crippen molar-refractivity contribution < 1.29 is 0 Å². The van der Waals surface area contributed by atoms with Crippen molar-refractivity contribution in [1.29, 1.82) is 0 Å². The fourth-order valence-corrected chi connectivity index (χ4v) is 2.20. The van der Waals surface area contributed by atoms with Crippen LogP contribution in [0, 0.1) is 0 Å². The molecule has 1 atom stereocenters. The van der Waals surface area contributed by atoms with Gasteiger partial charge in [0.15, 0.2) is 5.11 Å². The summed E-state index contributed by atoms with van der Waals surface area (Å²) in [7, 11) is 0. The Morgan fingerprint density at radius 1 is 1.43 bits per heavy atom. The quantitative estimate of drug-likeness (QED) is 0.714. The van der Waals surface area contributed by atoms with E-state index in [2.05, 4.69) is 23.5 Å². The zero-order valence-electron chi connectivity index (χ0n) is 7.92. The van der Waals surface area contributed by atoms with Crippen molar-refractivity contribution >= 4 is 17.3 Å². The summed E-state index contributed by atoms with van der Waals surface area (Å²) >= 11 is 4.76. The molecule has 1 aromatic carbocycles. The van der Waals surface area contributed by atoms with E-state index in [0.29, 0.717) is 0 Å². The predicted octanol–water partition coefficient (Wildman–Crippen LogP) is 2.22. The molecule has 0 heterocycles. The van der Waals surface area contributed by atoms with E-state index in [1.54, 1.807) is 0 Å². The van der Waals surface area contributed by atoms with E-state index in [1.165, 1.54) is 17.5 Å². The van der Waals surface area contributed by atoms with Gasteiger partial charge in [0.05, 0.1) is 6.04 Å². The van der Waals surface area contributed by atoms with Gasteiger partial charge in [-0.1, -0.05) is 24.3 Å². The molecule has 14 heavy (non-hydrogen) atoms. The molecule has 0 saturated carbocycles. The van der Waals surface area contributed by atoms with Gasteiger partial charge >= 0.3 is 0 Å². The van der Waals surface area contributed by atoms with Crippen LogP contribution in [0.5, 0.6) is 0 Å². The molecular weight excluding hydrogens is 192 g/mol. The van der Waals surface area contributed by atoms with Gasteiger partial charge in [0.1, 0.15) is 0 Å². The lowest BCUT2D eigenvalue weighted by Gasteiger charge is -2.26. The summed E-state index contributed by atoms with van der Waals surface area (Å²) in [5.74, 6) is 0. The highest BCUT2D eigenvalue weighted by atomic mass is 32.1. The normalized spacial score (nSPS) is 19.9. The van der Waals surface area contributed by atoms with Gasteiger partial charge in [-0.3, -0.25) is 5.73 Å². The summed E-state index contributed by atoms with van der Waals surface area (Å²) in [6.07, 6.45) is 3.41. The fourth-order valence-electron chi connectivity index (χ4n) is 2.06. The minimum atomic E-state index is 0.145. The number of aryl methyl sites for hydroxylation is 1. The SMILES string of the molecule is [NH]C(=S)NC1CCCc2ccccc21. The molecule has 1 aliphatic carbocycles. The Bertz CT molecular complexity index is 349. The predicted molar refractivity (Wildman–Crippen MR) is 61.0 cm³/mol. The van der Waals surface area contributed by atoms with Gasteiger partial charge in [0, 0.05) is 0 Å². The highest BCUT2D eigenvalue weighted by Gasteiger charge is 2.19. The third-order valence-electron chi connectivity index (χ3n) is 2.67. The Balaban J connectivity index is 2.26. The summed E-state index contributed by atoms with van der Waals surface area (Å²) in [6.45, 7) is 0. The third-order valence-corrected chi connectivity index (χ3v) is 2.79. The van der Waals surface area contributed by atoms with Crippen LogP contribution in [-0.4, -0.2) is 5.11 Å². The molecule has 0 saturated heterocycles. The number of benzene rings is 1. The third kappa shape index (κ3) is 1.87. The maximum atomic E-state index is 7.28. The molecule has 1 aliphatic rings. The topological polar surface area (TPSA) is 35.8 Å². The lowest BCUT2D eigenvalue weighted by atomic mass is 9.88. The highest BCUT2D eigenvalue weighted by molar-refractivity contribution is 7.80. The lowest BCUT2D eigenvalue weighted by Crippen LogP contribution is -2.30. The van der Waals surface area contributed by atoms with Gasteiger partial charge in [-0.25, -0.2) is 0 Å². The maximum absolute atomic E-state index is 7.28. The van der Waals surface area contributed by atoms with Crippen LogP contribution in [0.15, 0.2) is 24.3 Å². The van der Waals surface area contributed by atoms with Gasteiger partial charge in [0.25, 0.3) is 0 Å². The zero-order chi connectivity index (χ0) is 9.97. The molecule has 0 fully saturated rings. The standard InChI is InChI=1S/C11H13N2S/c12-11(14)13-10-7-3-5-8-4-1-2-6-9(8)10/h1-2,4,6,10,12H,3,5,7H2,(H,13,14). The Hall–Kier alpha value is -1.09. The van der Waals surface area contributed by atoms with Crippen molar-refractivity contribution in [3.05, 3.63) is 35.4 Å². The van der Waals surface area contributed by atoms with Crippen LogP contribution in [-0.2, 0) is 6.42 Å². The molecule has 2 nitrogen and oxygen atoms in total. The molecule has 0 aliphatic heterocycles. The fraction of sp³-hybridized carbons (Fsp3) is 0.364. The van der Waals surface area contributed by atoms with E-state index in [0.717, 1.165) is 12.8 Å². The van der Waals surface area contributed by atoms with E-state index >= 15 is 0 Å². The summed E-state index contributed by atoms with van der Waals surface area (Å²) in [5.41, 5.74) is 9.98. The van der Waals surface area contributed by atoms with Crippen LogP contribution in [0.25, 0.3) is 0 Å². The minimum absolute atomic E-state index is 0.145. The van der Waals surface area contributed by atoms with Crippen molar-refractivity contribution in [1.82, 2.24) is 11.1 Å². The van der Waals surface area contributed by atoms with Gasteiger partial charge in [0.2, 0.25) is 0 Å². The van der Waals surface area contributed by atoms with Crippen LogP contribution in [0.4, 0.5) is 0 Å². The van der Waals surface area contributed by atoms with Crippen LogP contribution >= 0.6 is 12.2 Å². The number of thiocarbonyl (C=S) groups is 1. The van der Waals surface area contributed by atoms with Crippen molar-refractivity contribution in [2.24, 2.45) is 0 Å². The molecule has 1 aromatic rings. The first-order valence-corrected chi connectivity index (χ1v) is 5.28. The van der Waals surface area contributed by atoms with Gasteiger partial charge in [-0.2, -0.15) is 0 Å². The molecule has 2 rings (SSSR count). The average molecular weight is 205 g/mol. The zero-order valence-corrected chi connectivity index (χ0v) is 8.73. The number of hydrogen-bond acceptors (Lipinski definition) is 1. The van der Waals surface area contributed by atoms with Crippen LogP contribution in [0.3, 0.4) is 0 Å². The van der Waals surface area contributed by atoms with E-state index in [4.69, 9.17) is 18.0 Å². The first-order chi connectivity index (χ1) is 6.77. The summed E-state index contributed by atoms with van der Waals surface area (Å²) < 4.78 is 0. The first-order valence-electron chi connectivity index (χ1n) is 4.87. The molecule has 2 N–H and O–H groups in total. The molecule has 73 valence electrons. The summed E-state index contributed by atoms with van der Waals surface area (Å²) in [5, 5.41) is 3.18. The number of fused-ring (bicyclic) bond motifs is 1. The first kappa shape index (κ1) is 9.46. The summed E-state index contributed by atoms with van der Waals surface area (Å²) in [4.78, 5) is 0. The van der Waals surface area contributed by atoms with E-state index < -0.39 is 0 Å². The largest absolute Gasteiger partial charge is 0.355 e. The molecular formula is C11H13N2S. The number of nitrogens with one attached hydrogen (secondary N) is 2. The van der Waals surface area contributed by atoms with Crippen molar-refractivity contribution in [2.45, 2.75) is 25.3 Å². The number of hydrogen-bond donors (Lipinski definition) is 1. The van der Waals surface area contributed by atoms with Gasteiger partial charge in [-0.05, 0) is 42.6 Å². The van der Waals surface area contributed by atoms with Crippen LogP contribution < -0.4 is 11.1 Å². The second-order valence-electron chi connectivity index (χ2n) is 3.62. The smallest absolute Gasteiger partial charge is 0.185 e. The summed E-state index contributed by atoms with van der Waals surface area (Å²) in [6, 6.07) is 8.66. The monoisotopic (exact) mass is 205 g/mol. The minimum Gasteiger partial charge on any atom is -0.355 e. The highest BCUT2D eigenvalue weighted by Crippen LogP contribution is 2.29. The van der Waals surface area contributed by atoms with E-state index in [9.17, 15) is 0 Å². The van der Waals surface area contributed by atoms with Gasteiger partial charge in [-0.15, -0.1) is 0 Å². The Kier molecular flexibility index (Phi) is 2.68. The van der Waals surface area contributed by atoms with E-state index in [-0.39, 0.29) is 11.2 Å². The van der Waals surface area contributed by atoms with E-state index in [1.807, 2.05) is 6.07 Å². The maximum Gasteiger partial charge on any atom is 0.185 e. The Morgan fingerprint density at radius 2 is 2.21 bits per heavy atom. The van der Waals surface area contributed by atoms with Crippen molar-refractivity contribution in [3.8, 4) is 0 Å².